The van der Waals surface area contributed by atoms with Crippen molar-refractivity contribution in [2.45, 2.75) is 6.54 Å². The van der Waals surface area contributed by atoms with Gasteiger partial charge in [-0.3, -0.25) is 4.98 Å². The number of aromatic nitrogens is 2. The van der Waals surface area contributed by atoms with E-state index in [0.29, 0.717) is 11.0 Å². The highest BCUT2D eigenvalue weighted by atomic mass is 35.5. The number of halogens is 1. The first-order valence-electron chi connectivity index (χ1n) is 6.16. The van der Waals surface area contributed by atoms with Gasteiger partial charge in [-0.05, 0) is 23.8 Å². The lowest BCUT2D eigenvalue weighted by Crippen LogP contribution is -1.99. The highest BCUT2D eigenvalue weighted by Crippen LogP contribution is 2.28. The summed E-state index contributed by atoms with van der Waals surface area (Å²) >= 11 is 7.33. The van der Waals surface area contributed by atoms with Gasteiger partial charge in [-0.2, -0.15) is 0 Å². The highest BCUT2D eigenvalue weighted by Gasteiger charge is 2.05. The molecule has 3 nitrogen and oxygen atoms in total. The summed E-state index contributed by atoms with van der Waals surface area (Å²) in [6.45, 7) is 0.715. The van der Waals surface area contributed by atoms with Gasteiger partial charge in [-0.25, -0.2) is 4.98 Å². The van der Waals surface area contributed by atoms with Crippen molar-refractivity contribution in [1.82, 2.24) is 9.97 Å². The number of pyridine rings is 1. The summed E-state index contributed by atoms with van der Waals surface area (Å²) in [7, 11) is 0. The van der Waals surface area contributed by atoms with Crippen molar-refractivity contribution in [2.24, 2.45) is 0 Å². The average molecular weight is 302 g/mol. The summed E-state index contributed by atoms with van der Waals surface area (Å²) in [5.41, 5.74) is 3.39. The SMILES string of the molecule is Clc1ncc(CNc2ccccc2-c2ccncc2)s1. The van der Waals surface area contributed by atoms with Crippen LogP contribution in [0.3, 0.4) is 0 Å². The zero-order valence-electron chi connectivity index (χ0n) is 10.6. The predicted molar refractivity (Wildman–Crippen MR) is 84.1 cm³/mol. The Bertz CT molecular complexity index is 697. The van der Waals surface area contributed by atoms with Crippen molar-refractivity contribution in [1.29, 1.82) is 0 Å². The third-order valence-electron chi connectivity index (χ3n) is 2.90. The molecule has 5 heteroatoms. The maximum Gasteiger partial charge on any atom is 0.183 e. The summed E-state index contributed by atoms with van der Waals surface area (Å²) in [5.74, 6) is 0. The number of thiazole rings is 1. The minimum absolute atomic E-state index is 0.573. The molecule has 0 bridgehead atoms. The van der Waals surface area contributed by atoms with Gasteiger partial charge in [0.2, 0.25) is 0 Å². The second-order valence-corrected chi connectivity index (χ2v) is 5.91. The maximum atomic E-state index is 5.84. The summed E-state index contributed by atoms with van der Waals surface area (Å²) in [6, 6.07) is 12.2. The number of nitrogens with one attached hydrogen (secondary N) is 1. The lowest BCUT2D eigenvalue weighted by atomic mass is 10.1. The molecule has 0 unspecified atom stereocenters. The largest absolute Gasteiger partial charge is 0.380 e. The molecule has 2 heterocycles. The molecule has 100 valence electrons. The van der Waals surface area contributed by atoms with Gasteiger partial charge in [0, 0.05) is 34.7 Å². The lowest BCUT2D eigenvalue weighted by molar-refractivity contribution is 1.17. The van der Waals surface area contributed by atoms with Gasteiger partial charge in [0.15, 0.2) is 4.47 Å². The van der Waals surface area contributed by atoms with Crippen LogP contribution in [0.1, 0.15) is 4.88 Å². The van der Waals surface area contributed by atoms with Crippen LogP contribution in [0, 0.1) is 0 Å². The van der Waals surface area contributed by atoms with Crippen LogP contribution in [0.5, 0.6) is 0 Å². The third kappa shape index (κ3) is 2.98. The summed E-state index contributed by atoms with van der Waals surface area (Å²) < 4.78 is 0.573. The number of benzene rings is 1. The van der Waals surface area contributed by atoms with Gasteiger partial charge in [0.25, 0.3) is 0 Å². The molecule has 0 saturated carbocycles. The zero-order valence-corrected chi connectivity index (χ0v) is 12.2. The fraction of sp³-hybridized carbons (Fsp3) is 0.0667. The lowest BCUT2D eigenvalue weighted by Gasteiger charge is -2.11. The Balaban J connectivity index is 1.83. The van der Waals surface area contributed by atoms with E-state index in [2.05, 4.69) is 27.4 Å². The zero-order chi connectivity index (χ0) is 13.8. The van der Waals surface area contributed by atoms with Crippen molar-refractivity contribution < 1.29 is 0 Å². The number of anilines is 1. The Morgan fingerprint density at radius 3 is 2.65 bits per heavy atom. The van der Waals surface area contributed by atoms with Gasteiger partial charge >= 0.3 is 0 Å². The molecule has 0 spiro atoms. The van der Waals surface area contributed by atoms with E-state index in [0.717, 1.165) is 21.7 Å². The Labute approximate surface area is 126 Å². The van der Waals surface area contributed by atoms with Crippen LogP contribution in [-0.2, 0) is 6.54 Å². The minimum atomic E-state index is 0.573. The fourth-order valence-electron chi connectivity index (χ4n) is 1.97. The second kappa shape index (κ2) is 6.03. The van der Waals surface area contributed by atoms with Gasteiger partial charge < -0.3 is 5.32 Å². The van der Waals surface area contributed by atoms with E-state index in [1.165, 1.54) is 11.3 Å². The molecule has 0 aliphatic carbocycles. The van der Waals surface area contributed by atoms with E-state index in [1.807, 2.05) is 24.3 Å². The summed E-state index contributed by atoms with van der Waals surface area (Å²) in [6.07, 6.45) is 5.40. The molecule has 0 saturated heterocycles. The normalized spacial score (nSPS) is 10.4. The van der Waals surface area contributed by atoms with Crippen LogP contribution >= 0.6 is 22.9 Å². The first-order chi connectivity index (χ1) is 9.83. The molecule has 0 amide bonds. The van der Waals surface area contributed by atoms with Gasteiger partial charge in [0.1, 0.15) is 0 Å². The quantitative estimate of drug-likeness (QED) is 0.772. The molecule has 3 rings (SSSR count). The Morgan fingerprint density at radius 1 is 1.10 bits per heavy atom. The van der Waals surface area contributed by atoms with Crippen molar-refractivity contribution in [3.05, 3.63) is 64.3 Å². The van der Waals surface area contributed by atoms with E-state index in [1.54, 1.807) is 18.6 Å². The Morgan fingerprint density at radius 2 is 1.90 bits per heavy atom. The van der Waals surface area contributed by atoms with Crippen LogP contribution in [-0.4, -0.2) is 9.97 Å². The molecule has 0 aliphatic rings. The van der Waals surface area contributed by atoms with Crippen molar-refractivity contribution in [2.75, 3.05) is 5.32 Å². The number of hydrogen-bond donors (Lipinski definition) is 1. The maximum absolute atomic E-state index is 5.84. The van der Waals surface area contributed by atoms with Crippen LogP contribution in [0.15, 0.2) is 55.0 Å². The van der Waals surface area contributed by atoms with Crippen molar-refractivity contribution >= 4 is 28.6 Å². The van der Waals surface area contributed by atoms with E-state index in [-0.39, 0.29) is 0 Å². The first-order valence-corrected chi connectivity index (χ1v) is 7.36. The second-order valence-electron chi connectivity index (χ2n) is 4.21. The Hall–Kier alpha value is -1.91. The Kier molecular flexibility index (Phi) is 3.95. The monoisotopic (exact) mass is 301 g/mol. The smallest absolute Gasteiger partial charge is 0.183 e. The first kappa shape index (κ1) is 13.1. The predicted octanol–water partition coefficient (Wildman–Crippen LogP) is 4.47. The number of hydrogen-bond acceptors (Lipinski definition) is 4. The van der Waals surface area contributed by atoms with Crippen LogP contribution in [0.2, 0.25) is 4.47 Å². The van der Waals surface area contributed by atoms with Gasteiger partial charge in [0.05, 0.1) is 6.54 Å². The number of rotatable bonds is 4. The fourth-order valence-corrected chi connectivity index (χ4v) is 2.89. The van der Waals surface area contributed by atoms with Crippen molar-refractivity contribution in [3.63, 3.8) is 0 Å². The van der Waals surface area contributed by atoms with Gasteiger partial charge in [-0.15, -0.1) is 11.3 Å². The standard InChI is InChI=1S/C15H12ClN3S/c16-15-19-10-12(20-15)9-18-14-4-2-1-3-13(14)11-5-7-17-8-6-11/h1-8,10,18H,9H2. The van der Waals surface area contributed by atoms with E-state index >= 15 is 0 Å². The van der Waals surface area contributed by atoms with Gasteiger partial charge in [-0.1, -0.05) is 29.8 Å². The highest BCUT2D eigenvalue weighted by molar-refractivity contribution is 7.15. The average Bonchev–Trinajstić information content (AvgIpc) is 2.92. The molecule has 3 aromatic rings. The van der Waals surface area contributed by atoms with Crippen LogP contribution in [0.4, 0.5) is 5.69 Å². The molecular weight excluding hydrogens is 290 g/mol. The third-order valence-corrected chi connectivity index (χ3v) is 4.01. The molecule has 0 atom stereocenters. The minimum Gasteiger partial charge on any atom is -0.380 e. The van der Waals surface area contributed by atoms with Crippen LogP contribution < -0.4 is 5.32 Å². The molecule has 0 fully saturated rings. The molecular formula is C15H12ClN3S. The number of nitrogens with zero attached hydrogens (tertiary/aromatic N) is 2. The van der Waals surface area contributed by atoms with E-state index < -0.39 is 0 Å². The molecule has 2 aromatic heterocycles. The summed E-state index contributed by atoms with van der Waals surface area (Å²) in [4.78, 5) is 9.21. The molecule has 0 radical (unpaired) electrons. The van der Waals surface area contributed by atoms with Crippen molar-refractivity contribution in [3.8, 4) is 11.1 Å². The topological polar surface area (TPSA) is 37.8 Å². The van der Waals surface area contributed by atoms with Crippen LogP contribution in [0.25, 0.3) is 11.1 Å². The molecule has 20 heavy (non-hydrogen) atoms. The molecule has 1 aromatic carbocycles. The molecule has 0 aliphatic heterocycles. The van der Waals surface area contributed by atoms with E-state index in [9.17, 15) is 0 Å². The molecule has 1 N–H and O–H groups in total. The number of para-hydroxylation sites is 1. The summed E-state index contributed by atoms with van der Waals surface area (Å²) in [5, 5.41) is 3.43. The van der Waals surface area contributed by atoms with E-state index in [4.69, 9.17) is 11.6 Å².